The highest BCUT2D eigenvalue weighted by molar-refractivity contribution is 7.90. The molecule has 1 aromatic rings. The van der Waals surface area contributed by atoms with E-state index in [9.17, 15) is 18.0 Å². The van der Waals surface area contributed by atoms with Crippen molar-refractivity contribution >= 4 is 33.4 Å². The fraction of sp³-hybridized carbons (Fsp3) is 0.474. The highest BCUT2D eigenvalue weighted by atomic mass is 32.2. The lowest BCUT2D eigenvalue weighted by Gasteiger charge is -2.34. The van der Waals surface area contributed by atoms with Gasteiger partial charge in [-0.05, 0) is 37.0 Å². The minimum Gasteiger partial charge on any atom is -0.371 e. The number of anilines is 1. The molecule has 1 aromatic carbocycles. The number of hydrogen-bond acceptors (Lipinski definition) is 6. The van der Waals surface area contributed by atoms with E-state index in [1.165, 1.54) is 12.3 Å². The largest absolute Gasteiger partial charge is 0.371 e. The maximum Gasteiger partial charge on any atom is 0.267 e. The van der Waals surface area contributed by atoms with Gasteiger partial charge in [0, 0.05) is 43.6 Å². The van der Waals surface area contributed by atoms with E-state index >= 15 is 0 Å². The Labute approximate surface area is 165 Å². The van der Waals surface area contributed by atoms with Gasteiger partial charge in [0.1, 0.15) is 9.84 Å². The van der Waals surface area contributed by atoms with Gasteiger partial charge in [0.05, 0.1) is 5.75 Å². The van der Waals surface area contributed by atoms with Crippen LogP contribution in [0.25, 0.3) is 6.08 Å². The van der Waals surface area contributed by atoms with Crippen molar-refractivity contribution in [3.05, 3.63) is 35.9 Å². The first-order chi connectivity index (χ1) is 13.3. The van der Waals surface area contributed by atoms with Crippen molar-refractivity contribution < 1.29 is 23.2 Å². The van der Waals surface area contributed by atoms with Crippen molar-refractivity contribution in [2.75, 3.05) is 30.0 Å². The van der Waals surface area contributed by atoms with Crippen molar-refractivity contribution in [1.29, 1.82) is 0 Å². The van der Waals surface area contributed by atoms with E-state index in [-0.39, 0.29) is 24.1 Å². The summed E-state index contributed by atoms with van der Waals surface area (Å²) in [6.45, 7) is 1.51. The van der Waals surface area contributed by atoms with E-state index in [1.807, 2.05) is 24.3 Å². The molecular weight excluding hydrogens is 382 g/mol. The summed E-state index contributed by atoms with van der Waals surface area (Å²) in [5.41, 5.74) is 3.43. The zero-order valence-corrected chi connectivity index (χ0v) is 16.7. The molecule has 0 radical (unpaired) electrons. The topological polar surface area (TPSA) is 116 Å². The van der Waals surface area contributed by atoms with Crippen LogP contribution in [0, 0.1) is 0 Å². The summed E-state index contributed by atoms with van der Waals surface area (Å²) in [5, 5.41) is 11.6. The monoisotopic (exact) mass is 409 g/mol. The molecular formula is C19H27N3O5S. The van der Waals surface area contributed by atoms with Crippen LogP contribution in [0.5, 0.6) is 0 Å². The SMILES string of the molecule is CS(=O)(=O)CCCC(=O)NC1CCN(c2ccccc2/C=C/C(=O)NO)CC1. The smallest absolute Gasteiger partial charge is 0.267 e. The van der Waals surface area contributed by atoms with E-state index in [2.05, 4.69) is 10.2 Å². The Morgan fingerprint density at radius 1 is 1.25 bits per heavy atom. The number of nitrogens with one attached hydrogen (secondary N) is 2. The van der Waals surface area contributed by atoms with Crippen molar-refractivity contribution in [3.8, 4) is 0 Å². The number of para-hydroxylation sites is 1. The van der Waals surface area contributed by atoms with E-state index in [4.69, 9.17) is 5.21 Å². The molecule has 8 nitrogen and oxygen atoms in total. The second-order valence-electron chi connectivity index (χ2n) is 6.93. The van der Waals surface area contributed by atoms with Gasteiger partial charge in [0.15, 0.2) is 0 Å². The average Bonchev–Trinajstić information content (AvgIpc) is 2.66. The van der Waals surface area contributed by atoms with Gasteiger partial charge in [-0.3, -0.25) is 14.8 Å². The van der Waals surface area contributed by atoms with E-state index < -0.39 is 15.7 Å². The van der Waals surface area contributed by atoms with Crippen molar-refractivity contribution in [1.82, 2.24) is 10.8 Å². The number of piperidine rings is 1. The highest BCUT2D eigenvalue weighted by Crippen LogP contribution is 2.25. The van der Waals surface area contributed by atoms with Gasteiger partial charge in [-0.2, -0.15) is 0 Å². The summed E-state index contributed by atoms with van der Waals surface area (Å²) >= 11 is 0. The minimum atomic E-state index is -3.04. The Balaban J connectivity index is 1.86. The number of hydroxylamine groups is 1. The second-order valence-corrected chi connectivity index (χ2v) is 9.19. The Bertz CT molecular complexity index is 815. The molecule has 0 saturated carbocycles. The summed E-state index contributed by atoms with van der Waals surface area (Å²) in [4.78, 5) is 25.4. The van der Waals surface area contributed by atoms with Gasteiger partial charge in [0.25, 0.3) is 5.91 Å². The number of amides is 2. The van der Waals surface area contributed by atoms with Crippen LogP contribution in [0.4, 0.5) is 5.69 Å². The van der Waals surface area contributed by atoms with Crippen molar-refractivity contribution in [3.63, 3.8) is 0 Å². The number of carbonyl (C=O) groups excluding carboxylic acids is 2. The molecule has 154 valence electrons. The molecule has 0 bridgehead atoms. The van der Waals surface area contributed by atoms with Crippen molar-refractivity contribution in [2.45, 2.75) is 31.7 Å². The summed E-state index contributed by atoms with van der Waals surface area (Å²) in [7, 11) is -3.04. The quantitative estimate of drug-likeness (QED) is 0.337. The summed E-state index contributed by atoms with van der Waals surface area (Å²) in [5.74, 6) is -0.676. The van der Waals surface area contributed by atoms with Crippen LogP contribution in [0.15, 0.2) is 30.3 Å². The normalized spacial score (nSPS) is 15.6. The van der Waals surface area contributed by atoms with Gasteiger partial charge < -0.3 is 10.2 Å². The van der Waals surface area contributed by atoms with Crippen LogP contribution in [0.1, 0.15) is 31.2 Å². The van der Waals surface area contributed by atoms with Crippen LogP contribution in [0.2, 0.25) is 0 Å². The Morgan fingerprint density at radius 2 is 1.93 bits per heavy atom. The Morgan fingerprint density at radius 3 is 2.57 bits per heavy atom. The zero-order chi connectivity index (χ0) is 20.6. The first-order valence-electron chi connectivity index (χ1n) is 9.21. The Kier molecular flexibility index (Phi) is 8.01. The summed E-state index contributed by atoms with van der Waals surface area (Å²) in [6, 6.07) is 7.75. The lowest BCUT2D eigenvalue weighted by atomic mass is 10.0. The molecule has 0 atom stereocenters. The fourth-order valence-corrected chi connectivity index (χ4v) is 3.85. The van der Waals surface area contributed by atoms with Gasteiger partial charge in [0.2, 0.25) is 5.91 Å². The lowest BCUT2D eigenvalue weighted by Crippen LogP contribution is -2.44. The molecule has 0 unspecified atom stereocenters. The summed E-state index contributed by atoms with van der Waals surface area (Å²) in [6.07, 6.45) is 6.21. The molecule has 0 aliphatic carbocycles. The van der Waals surface area contributed by atoms with E-state index in [0.29, 0.717) is 6.42 Å². The molecule has 1 heterocycles. The van der Waals surface area contributed by atoms with Crippen LogP contribution < -0.4 is 15.7 Å². The molecule has 28 heavy (non-hydrogen) atoms. The molecule has 1 aliphatic rings. The van der Waals surface area contributed by atoms with E-state index in [0.717, 1.165) is 37.2 Å². The summed E-state index contributed by atoms with van der Waals surface area (Å²) < 4.78 is 22.3. The van der Waals surface area contributed by atoms with Gasteiger partial charge in [-0.1, -0.05) is 18.2 Å². The number of benzene rings is 1. The third-order valence-electron chi connectivity index (χ3n) is 4.58. The van der Waals surface area contributed by atoms with Gasteiger partial charge in [-0.25, -0.2) is 13.9 Å². The first-order valence-corrected chi connectivity index (χ1v) is 11.3. The highest BCUT2D eigenvalue weighted by Gasteiger charge is 2.22. The number of hydrogen-bond donors (Lipinski definition) is 3. The number of rotatable bonds is 8. The fourth-order valence-electron chi connectivity index (χ4n) is 3.18. The third kappa shape index (κ3) is 7.32. The minimum absolute atomic E-state index is 0.0253. The molecule has 1 saturated heterocycles. The molecule has 0 aromatic heterocycles. The van der Waals surface area contributed by atoms with E-state index in [1.54, 1.807) is 11.6 Å². The predicted octanol–water partition coefficient (Wildman–Crippen LogP) is 1.12. The predicted molar refractivity (Wildman–Crippen MR) is 108 cm³/mol. The zero-order valence-electron chi connectivity index (χ0n) is 15.9. The average molecular weight is 410 g/mol. The molecule has 9 heteroatoms. The van der Waals surface area contributed by atoms with Crippen LogP contribution in [-0.2, 0) is 19.4 Å². The maximum absolute atomic E-state index is 12.0. The molecule has 1 fully saturated rings. The molecule has 2 rings (SSSR count). The van der Waals surface area contributed by atoms with Crippen LogP contribution >= 0.6 is 0 Å². The molecule has 3 N–H and O–H groups in total. The molecule has 1 aliphatic heterocycles. The second kappa shape index (κ2) is 10.2. The number of nitrogens with zero attached hydrogens (tertiary/aromatic N) is 1. The number of carbonyl (C=O) groups is 2. The maximum atomic E-state index is 12.0. The standard InChI is InChI=1S/C19H27N3O5S/c1-28(26,27)14-4-7-18(23)20-16-10-12-22(13-11-16)17-6-3-2-5-15(17)8-9-19(24)21-25/h2-3,5-6,8-9,16,25H,4,7,10-14H2,1H3,(H,20,23)(H,21,24)/b9-8+. The third-order valence-corrected chi connectivity index (χ3v) is 5.61. The van der Waals surface area contributed by atoms with Gasteiger partial charge in [-0.15, -0.1) is 0 Å². The molecule has 0 spiro atoms. The van der Waals surface area contributed by atoms with Crippen LogP contribution in [-0.4, -0.2) is 56.6 Å². The van der Waals surface area contributed by atoms with Crippen molar-refractivity contribution in [2.24, 2.45) is 0 Å². The number of sulfone groups is 1. The molecule has 2 amide bonds. The Hall–Kier alpha value is -2.39. The van der Waals surface area contributed by atoms with Gasteiger partial charge >= 0.3 is 0 Å². The van der Waals surface area contributed by atoms with Crippen LogP contribution in [0.3, 0.4) is 0 Å². The lowest BCUT2D eigenvalue weighted by molar-refractivity contribution is -0.124. The first kappa shape index (κ1) is 21.9.